The molecule has 0 aliphatic carbocycles. The highest BCUT2D eigenvalue weighted by molar-refractivity contribution is 5.42. The minimum absolute atomic E-state index is 0.191. The van der Waals surface area contributed by atoms with E-state index in [1.54, 1.807) is 19.5 Å². The molecule has 1 fully saturated rings. The van der Waals surface area contributed by atoms with Crippen LogP contribution in [0, 0.1) is 13.8 Å². The molecule has 0 amide bonds. The Morgan fingerprint density at radius 2 is 1.94 bits per heavy atom. The molecule has 33 heavy (non-hydrogen) atoms. The van der Waals surface area contributed by atoms with Crippen molar-refractivity contribution in [3.8, 4) is 11.7 Å². The van der Waals surface area contributed by atoms with Gasteiger partial charge in [-0.25, -0.2) is 4.98 Å². The number of benzene rings is 1. The van der Waals surface area contributed by atoms with Gasteiger partial charge >= 0.3 is 0 Å². The molecule has 1 aromatic carbocycles. The van der Waals surface area contributed by atoms with Crippen molar-refractivity contribution in [3.63, 3.8) is 0 Å². The second kappa shape index (κ2) is 10.1. The molecule has 2 aromatic heterocycles. The van der Waals surface area contributed by atoms with E-state index in [1.807, 2.05) is 25.1 Å². The molecule has 0 N–H and O–H groups in total. The highest BCUT2D eigenvalue weighted by atomic mass is 16.5. The molecule has 1 atom stereocenters. The molecule has 174 valence electrons. The molecule has 8 heteroatoms. The number of anilines is 1. The first-order chi connectivity index (χ1) is 16.0. The van der Waals surface area contributed by atoms with Crippen molar-refractivity contribution in [1.29, 1.82) is 0 Å². The first kappa shape index (κ1) is 22.9. The van der Waals surface area contributed by atoms with E-state index in [1.165, 1.54) is 10.2 Å². The van der Waals surface area contributed by atoms with Gasteiger partial charge in [-0.1, -0.05) is 19.1 Å². The normalized spacial score (nSPS) is 14.8. The third kappa shape index (κ3) is 4.75. The summed E-state index contributed by atoms with van der Waals surface area (Å²) in [5.74, 6) is 2.21. The lowest BCUT2D eigenvalue weighted by Crippen LogP contribution is -2.37. The molecule has 3 heterocycles. The molecule has 1 saturated heterocycles. The van der Waals surface area contributed by atoms with Crippen LogP contribution in [0.15, 0.2) is 41.5 Å². The van der Waals surface area contributed by atoms with Crippen LogP contribution in [-0.4, -0.2) is 53.2 Å². The molecule has 1 aliphatic rings. The maximum Gasteiger partial charge on any atom is 0.277 e. The summed E-state index contributed by atoms with van der Waals surface area (Å²) in [5, 5.41) is 4.44. The van der Waals surface area contributed by atoms with Crippen molar-refractivity contribution in [1.82, 2.24) is 19.7 Å². The molecule has 3 aromatic rings. The van der Waals surface area contributed by atoms with Gasteiger partial charge in [-0.05, 0) is 61.4 Å². The van der Waals surface area contributed by atoms with E-state index in [0.29, 0.717) is 18.8 Å². The van der Waals surface area contributed by atoms with Crippen LogP contribution in [0.3, 0.4) is 0 Å². The summed E-state index contributed by atoms with van der Waals surface area (Å²) in [6.45, 7) is 8.95. The molecule has 1 aliphatic heterocycles. The Hall–Kier alpha value is -3.26. The van der Waals surface area contributed by atoms with E-state index in [-0.39, 0.29) is 17.4 Å². The fraction of sp³-hybridized carbons (Fsp3) is 0.440. The molecule has 4 rings (SSSR count). The topological polar surface area (TPSA) is 82.4 Å². The largest absolute Gasteiger partial charge is 0.496 e. The lowest BCUT2D eigenvalue weighted by molar-refractivity contribution is 0.122. The average Bonchev–Trinajstić information content (AvgIpc) is 2.86. The van der Waals surface area contributed by atoms with Crippen LogP contribution in [0.4, 0.5) is 5.82 Å². The zero-order valence-corrected chi connectivity index (χ0v) is 19.7. The smallest absolute Gasteiger partial charge is 0.277 e. The number of hydrogen-bond acceptors (Lipinski definition) is 7. The number of aromatic nitrogens is 4. The third-order valence-electron chi connectivity index (χ3n) is 6.42. The van der Waals surface area contributed by atoms with Crippen molar-refractivity contribution in [3.05, 3.63) is 69.3 Å². The van der Waals surface area contributed by atoms with Crippen LogP contribution in [0.1, 0.15) is 41.5 Å². The fourth-order valence-electron chi connectivity index (χ4n) is 4.37. The second-order valence-electron chi connectivity index (χ2n) is 8.31. The molecule has 0 saturated carbocycles. The standard InChI is InChI=1S/C25H31N5O3/c1-5-19(21-7-6-8-22(32-4)18(21)3)15-20-16-27-30(24(31)17(20)2)25-26-10-9-23(28-25)29-11-13-33-14-12-29/h6-10,16,19H,5,11-15H2,1-4H3. The Labute approximate surface area is 194 Å². The van der Waals surface area contributed by atoms with Gasteiger partial charge in [0.25, 0.3) is 11.5 Å². The number of morpholine rings is 1. The molecule has 1 unspecified atom stereocenters. The summed E-state index contributed by atoms with van der Waals surface area (Å²) in [7, 11) is 1.69. The van der Waals surface area contributed by atoms with Gasteiger partial charge in [0.2, 0.25) is 0 Å². The van der Waals surface area contributed by atoms with E-state index in [4.69, 9.17) is 9.47 Å². The first-order valence-electron chi connectivity index (χ1n) is 11.4. The van der Waals surface area contributed by atoms with Crippen molar-refractivity contribution in [2.45, 2.75) is 39.5 Å². The van der Waals surface area contributed by atoms with Crippen molar-refractivity contribution < 1.29 is 9.47 Å². The summed E-state index contributed by atoms with van der Waals surface area (Å²) < 4.78 is 12.2. The number of methoxy groups -OCH3 is 1. The Bertz CT molecular complexity index is 1170. The van der Waals surface area contributed by atoms with Crippen LogP contribution in [-0.2, 0) is 11.2 Å². The van der Waals surface area contributed by atoms with Crippen LogP contribution >= 0.6 is 0 Å². The van der Waals surface area contributed by atoms with Crippen LogP contribution in [0.5, 0.6) is 5.75 Å². The van der Waals surface area contributed by atoms with Gasteiger partial charge in [0.1, 0.15) is 11.6 Å². The van der Waals surface area contributed by atoms with Crippen molar-refractivity contribution in [2.75, 3.05) is 38.3 Å². The summed E-state index contributed by atoms with van der Waals surface area (Å²) >= 11 is 0. The van der Waals surface area contributed by atoms with E-state index < -0.39 is 0 Å². The lowest BCUT2D eigenvalue weighted by Gasteiger charge is -2.27. The summed E-state index contributed by atoms with van der Waals surface area (Å²) in [6, 6.07) is 7.99. The van der Waals surface area contributed by atoms with Gasteiger partial charge in [0.15, 0.2) is 0 Å². The Morgan fingerprint density at radius 3 is 2.67 bits per heavy atom. The first-order valence-corrected chi connectivity index (χ1v) is 11.4. The van der Waals surface area contributed by atoms with E-state index in [2.05, 4.69) is 39.9 Å². The molecule has 0 spiro atoms. The molecule has 8 nitrogen and oxygen atoms in total. The second-order valence-corrected chi connectivity index (χ2v) is 8.31. The maximum atomic E-state index is 13.2. The Kier molecular flexibility index (Phi) is 7.03. The lowest BCUT2D eigenvalue weighted by atomic mass is 9.86. The maximum absolute atomic E-state index is 13.2. The zero-order chi connectivity index (χ0) is 23.4. The van der Waals surface area contributed by atoms with Crippen molar-refractivity contribution >= 4 is 5.82 Å². The minimum Gasteiger partial charge on any atom is -0.496 e. The van der Waals surface area contributed by atoms with E-state index in [9.17, 15) is 4.79 Å². The number of hydrogen-bond donors (Lipinski definition) is 0. The van der Waals surface area contributed by atoms with Gasteiger partial charge in [-0.3, -0.25) is 4.79 Å². The van der Waals surface area contributed by atoms with Gasteiger partial charge in [-0.15, -0.1) is 0 Å². The Balaban J connectivity index is 1.62. The fourth-order valence-corrected chi connectivity index (χ4v) is 4.37. The highest BCUT2D eigenvalue weighted by Gasteiger charge is 2.19. The monoisotopic (exact) mass is 449 g/mol. The Morgan fingerprint density at radius 1 is 1.15 bits per heavy atom. The van der Waals surface area contributed by atoms with Gasteiger partial charge in [0.05, 0.1) is 26.5 Å². The van der Waals surface area contributed by atoms with Crippen LogP contribution in [0.25, 0.3) is 5.95 Å². The third-order valence-corrected chi connectivity index (χ3v) is 6.42. The summed E-state index contributed by atoms with van der Waals surface area (Å²) in [6.07, 6.45) is 5.12. The molecule has 0 radical (unpaired) electrons. The average molecular weight is 450 g/mol. The minimum atomic E-state index is -0.191. The van der Waals surface area contributed by atoms with E-state index >= 15 is 0 Å². The zero-order valence-electron chi connectivity index (χ0n) is 19.7. The van der Waals surface area contributed by atoms with Gasteiger partial charge in [0, 0.05) is 24.8 Å². The predicted octanol–water partition coefficient (Wildman–Crippen LogP) is 3.22. The SMILES string of the molecule is CCC(Cc1cnn(-c2nccc(N3CCOCC3)n2)c(=O)c1C)c1cccc(OC)c1C. The molecular formula is C25H31N5O3. The number of rotatable bonds is 7. The molecular weight excluding hydrogens is 418 g/mol. The van der Waals surface area contributed by atoms with Crippen molar-refractivity contribution in [2.24, 2.45) is 0 Å². The quantitative estimate of drug-likeness (QED) is 0.548. The highest BCUT2D eigenvalue weighted by Crippen LogP contribution is 2.31. The number of nitrogens with zero attached hydrogens (tertiary/aromatic N) is 5. The van der Waals surface area contributed by atoms with Crippen LogP contribution < -0.4 is 15.2 Å². The van der Waals surface area contributed by atoms with Gasteiger partial charge in [-0.2, -0.15) is 14.8 Å². The molecule has 0 bridgehead atoms. The van der Waals surface area contributed by atoms with E-state index in [0.717, 1.165) is 48.6 Å². The summed E-state index contributed by atoms with van der Waals surface area (Å²) in [4.78, 5) is 24.3. The number of ether oxygens (including phenoxy) is 2. The summed E-state index contributed by atoms with van der Waals surface area (Å²) in [5.41, 5.74) is 3.80. The predicted molar refractivity (Wildman–Crippen MR) is 128 cm³/mol. The van der Waals surface area contributed by atoms with Crippen LogP contribution in [0.2, 0.25) is 0 Å². The van der Waals surface area contributed by atoms with Gasteiger partial charge < -0.3 is 14.4 Å².